The largest absolute Gasteiger partial charge is 0.271 e. The smallest absolute Gasteiger partial charge is 0.134 e. The van der Waals surface area contributed by atoms with Gasteiger partial charge in [-0.25, -0.2) is 4.98 Å². The Balaban J connectivity index is 2.78. The lowest BCUT2D eigenvalue weighted by molar-refractivity contribution is 1.09. The van der Waals surface area contributed by atoms with Gasteiger partial charge in [0.1, 0.15) is 5.82 Å². The maximum absolute atomic E-state index is 5.67. The third kappa shape index (κ3) is 1.09. The van der Waals surface area contributed by atoms with E-state index < -0.39 is 0 Å². The summed E-state index contributed by atoms with van der Waals surface area (Å²) in [6.45, 7) is 0. The topological polar surface area (TPSA) is 17.8 Å². The Morgan fingerprint density at radius 1 is 1.42 bits per heavy atom. The highest BCUT2D eigenvalue weighted by molar-refractivity contribution is 7.78. The van der Waals surface area contributed by atoms with E-state index in [1.807, 2.05) is 24.3 Å². The first-order chi connectivity index (χ1) is 5.83. The lowest BCUT2D eigenvalue weighted by Crippen LogP contribution is -1.87. The van der Waals surface area contributed by atoms with Crippen molar-refractivity contribution < 1.29 is 0 Å². The van der Waals surface area contributed by atoms with Crippen molar-refractivity contribution in [1.82, 2.24) is 8.96 Å². The Kier molecular flexibility index (Phi) is 1.98. The number of thiol groups is 1. The van der Waals surface area contributed by atoms with Gasteiger partial charge in [0.2, 0.25) is 0 Å². The summed E-state index contributed by atoms with van der Waals surface area (Å²) in [4.78, 5) is 4.29. The van der Waals surface area contributed by atoms with Gasteiger partial charge in [-0.15, -0.1) is 11.6 Å². The maximum Gasteiger partial charge on any atom is 0.134 e. The van der Waals surface area contributed by atoms with E-state index in [9.17, 15) is 0 Å². The molecular weight excluding hydrogens is 192 g/mol. The van der Waals surface area contributed by atoms with Crippen LogP contribution >= 0.6 is 24.4 Å². The molecule has 0 amide bonds. The van der Waals surface area contributed by atoms with Crippen molar-refractivity contribution in [2.24, 2.45) is 0 Å². The molecule has 0 spiro atoms. The van der Waals surface area contributed by atoms with Crippen molar-refractivity contribution in [3.05, 3.63) is 30.1 Å². The molecule has 0 atom stereocenters. The zero-order valence-corrected chi connectivity index (χ0v) is 7.89. The van der Waals surface area contributed by atoms with Crippen LogP contribution in [-0.4, -0.2) is 8.96 Å². The fourth-order valence-electron chi connectivity index (χ4n) is 1.15. The number of hydrogen-bond donors (Lipinski definition) is 1. The molecule has 1 heterocycles. The zero-order chi connectivity index (χ0) is 8.55. The molecule has 2 rings (SSSR count). The number of imidazole rings is 1. The molecule has 0 aliphatic carbocycles. The van der Waals surface area contributed by atoms with E-state index in [2.05, 4.69) is 17.8 Å². The molecule has 0 aliphatic rings. The van der Waals surface area contributed by atoms with Crippen molar-refractivity contribution in [2.45, 2.75) is 5.88 Å². The van der Waals surface area contributed by atoms with E-state index in [4.69, 9.17) is 11.6 Å². The van der Waals surface area contributed by atoms with Gasteiger partial charge in [0.25, 0.3) is 0 Å². The van der Waals surface area contributed by atoms with Gasteiger partial charge in [0.05, 0.1) is 16.9 Å². The average Bonchev–Trinajstić information content (AvgIpc) is 2.44. The summed E-state index contributed by atoms with van der Waals surface area (Å²) in [6, 6.07) is 7.80. The van der Waals surface area contributed by atoms with Crippen molar-refractivity contribution in [3.63, 3.8) is 0 Å². The number of nitrogens with zero attached hydrogens (tertiary/aromatic N) is 2. The minimum absolute atomic E-state index is 0.387. The molecular formula is C8H7ClN2S. The van der Waals surface area contributed by atoms with Crippen LogP contribution in [0.15, 0.2) is 24.3 Å². The Morgan fingerprint density at radius 3 is 2.83 bits per heavy atom. The van der Waals surface area contributed by atoms with Gasteiger partial charge in [0, 0.05) is 0 Å². The third-order valence-corrected chi connectivity index (χ3v) is 2.41. The summed E-state index contributed by atoms with van der Waals surface area (Å²) >= 11 is 9.94. The molecule has 0 bridgehead atoms. The predicted molar refractivity (Wildman–Crippen MR) is 53.7 cm³/mol. The van der Waals surface area contributed by atoms with Crippen LogP contribution in [-0.2, 0) is 5.88 Å². The molecule has 1 aromatic heterocycles. The lowest BCUT2D eigenvalue weighted by Gasteiger charge is -1.94. The van der Waals surface area contributed by atoms with Crippen molar-refractivity contribution in [1.29, 1.82) is 0 Å². The second-order valence-corrected chi connectivity index (χ2v) is 3.13. The predicted octanol–water partition coefficient (Wildman–Crippen LogP) is 2.47. The molecule has 2 aromatic rings. The molecule has 4 heteroatoms. The van der Waals surface area contributed by atoms with Crippen LogP contribution in [0.5, 0.6) is 0 Å². The van der Waals surface area contributed by atoms with Gasteiger partial charge in [-0.05, 0) is 12.1 Å². The van der Waals surface area contributed by atoms with Crippen molar-refractivity contribution in [3.8, 4) is 0 Å². The number of para-hydroxylation sites is 2. The second kappa shape index (κ2) is 2.99. The molecule has 1 aromatic carbocycles. The van der Waals surface area contributed by atoms with Gasteiger partial charge in [0.15, 0.2) is 0 Å². The highest BCUT2D eigenvalue weighted by Crippen LogP contribution is 2.17. The fraction of sp³-hybridized carbons (Fsp3) is 0.125. The highest BCUT2D eigenvalue weighted by atomic mass is 35.5. The zero-order valence-electron chi connectivity index (χ0n) is 6.24. The van der Waals surface area contributed by atoms with Crippen LogP contribution in [0.2, 0.25) is 0 Å². The van der Waals surface area contributed by atoms with Crippen LogP contribution in [0.4, 0.5) is 0 Å². The van der Waals surface area contributed by atoms with Crippen LogP contribution in [0, 0.1) is 0 Å². The highest BCUT2D eigenvalue weighted by Gasteiger charge is 2.04. The maximum atomic E-state index is 5.67. The standard InChI is InChI=1S/C8H7ClN2S/c9-5-8-10-6-3-1-2-4-7(6)11(8)12/h1-4,12H,5H2. The Morgan fingerprint density at radius 2 is 2.17 bits per heavy atom. The van der Waals surface area contributed by atoms with Gasteiger partial charge in [-0.1, -0.05) is 24.9 Å². The van der Waals surface area contributed by atoms with Crippen LogP contribution in [0.3, 0.4) is 0 Å². The summed E-state index contributed by atoms with van der Waals surface area (Å²) in [5.41, 5.74) is 1.93. The van der Waals surface area contributed by atoms with E-state index in [1.54, 1.807) is 3.97 Å². The molecule has 0 saturated heterocycles. The molecule has 0 unspecified atom stereocenters. The number of aromatic nitrogens is 2. The molecule has 12 heavy (non-hydrogen) atoms. The van der Waals surface area contributed by atoms with Crippen molar-refractivity contribution >= 4 is 35.4 Å². The summed E-state index contributed by atoms with van der Waals surface area (Å²) < 4.78 is 1.71. The first-order valence-electron chi connectivity index (χ1n) is 3.54. The minimum Gasteiger partial charge on any atom is -0.271 e. The summed E-state index contributed by atoms with van der Waals surface area (Å²) in [7, 11) is 0. The molecule has 0 saturated carbocycles. The van der Waals surface area contributed by atoms with Crippen LogP contribution in [0.1, 0.15) is 5.82 Å². The van der Waals surface area contributed by atoms with E-state index in [-0.39, 0.29) is 0 Å². The summed E-state index contributed by atoms with van der Waals surface area (Å²) in [5, 5.41) is 0. The normalized spacial score (nSPS) is 10.8. The number of alkyl halides is 1. The molecule has 0 N–H and O–H groups in total. The first kappa shape index (κ1) is 7.95. The third-order valence-electron chi connectivity index (χ3n) is 1.72. The van der Waals surface area contributed by atoms with Crippen LogP contribution in [0.25, 0.3) is 11.0 Å². The van der Waals surface area contributed by atoms with E-state index in [1.165, 1.54) is 0 Å². The lowest BCUT2D eigenvalue weighted by atomic mass is 10.3. The van der Waals surface area contributed by atoms with E-state index in [0.29, 0.717) is 5.88 Å². The number of halogens is 1. The van der Waals surface area contributed by atoms with Crippen LogP contribution < -0.4 is 0 Å². The quantitative estimate of drug-likeness (QED) is 0.551. The van der Waals surface area contributed by atoms with Gasteiger partial charge >= 0.3 is 0 Å². The molecule has 0 fully saturated rings. The Bertz CT molecular complexity index is 410. The number of hydrogen-bond acceptors (Lipinski definition) is 2. The Hall–Kier alpha value is -0.670. The van der Waals surface area contributed by atoms with Gasteiger partial charge < -0.3 is 0 Å². The molecule has 0 radical (unpaired) electrons. The second-order valence-electron chi connectivity index (χ2n) is 2.46. The monoisotopic (exact) mass is 198 g/mol. The Labute approximate surface area is 80.7 Å². The summed E-state index contributed by atoms with van der Waals surface area (Å²) in [6.07, 6.45) is 0. The molecule has 0 aliphatic heterocycles. The van der Waals surface area contributed by atoms with Crippen molar-refractivity contribution in [2.75, 3.05) is 0 Å². The van der Waals surface area contributed by atoms with E-state index >= 15 is 0 Å². The van der Waals surface area contributed by atoms with Gasteiger partial charge in [-0.3, -0.25) is 3.97 Å². The minimum atomic E-state index is 0.387. The summed E-state index contributed by atoms with van der Waals surface area (Å²) in [5.74, 6) is 1.17. The average molecular weight is 199 g/mol. The molecule has 2 nitrogen and oxygen atoms in total. The first-order valence-corrected chi connectivity index (χ1v) is 4.48. The number of fused-ring (bicyclic) bond motifs is 1. The SMILES string of the molecule is Sn1c(CCl)nc2ccccc21. The number of rotatable bonds is 1. The number of benzene rings is 1. The van der Waals surface area contributed by atoms with Gasteiger partial charge in [-0.2, -0.15) is 0 Å². The van der Waals surface area contributed by atoms with E-state index in [0.717, 1.165) is 16.9 Å². The molecule has 62 valence electrons. The fourth-order valence-corrected chi connectivity index (χ4v) is 1.70.